The average Bonchev–Trinajstić information content (AvgIpc) is 2.42. The zero-order chi connectivity index (χ0) is 13.8. The number of hydrogen-bond acceptors (Lipinski definition) is 2. The standard InChI is InChI=1S/C15H24N2O2/c1-12-14(18-3)6-5-13(15(12)19-4)11-17-9-7-16(2)8-10-17/h5-6H,7-11H2,1-4H3/p+2. The predicted octanol–water partition coefficient (Wildman–Crippen LogP) is -1.07. The van der Waals surface area contributed by atoms with Gasteiger partial charge in [0.1, 0.15) is 44.2 Å². The Bertz CT molecular complexity index is 426. The van der Waals surface area contributed by atoms with Crippen LogP contribution >= 0.6 is 0 Å². The lowest BCUT2D eigenvalue weighted by molar-refractivity contribution is -1.01. The quantitative estimate of drug-likeness (QED) is 0.726. The monoisotopic (exact) mass is 266 g/mol. The molecule has 1 fully saturated rings. The largest absolute Gasteiger partial charge is 0.496 e. The van der Waals surface area contributed by atoms with Crippen molar-refractivity contribution < 1.29 is 19.3 Å². The van der Waals surface area contributed by atoms with Crippen LogP contribution in [0.4, 0.5) is 0 Å². The normalized spacial score (nSPS) is 23.2. The van der Waals surface area contributed by atoms with Crippen LogP contribution in [0.15, 0.2) is 12.1 Å². The predicted molar refractivity (Wildman–Crippen MR) is 75.3 cm³/mol. The Morgan fingerprint density at radius 1 is 1.05 bits per heavy atom. The lowest BCUT2D eigenvalue weighted by Gasteiger charge is -2.28. The third kappa shape index (κ3) is 3.19. The zero-order valence-electron chi connectivity index (χ0n) is 12.5. The van der Waals surface area contributed by atoms with Gasteiger partial charge in [-0.3, -0.25) is 0 Å². The molecule has 1 aliphatic heterocycles. The van der Waals surface area contributed by atoms with Crippen LogP contribution in [0.3, 0.4) is 0 Å². The van der Waals surface area contributed by atoms with Gasteiger partial charge in [-0.25, -0.2) is 0 Å². The summed E-state index contributed by atoms with van der Waals surface area (Å²) in [5.41, 5.74) is 2.39. The van der Waals surface area contributed by atoms with Gasteiger partial charge in [0.15, 0.2) is 0 Å². The lowest BCUT2D eigenvalue weighted by Crippen LogP contribution is -3.26. The van der Waals surface area contributed by atoms with E-state index in [4.69, 9.17) is 9.47 Å². The molecule has 0 unspecified atom stereocenters. The Morgan fingerprint density at radius 3 is 2.32 bits per heavy atom. The summed E-state index contributed by atoms with van der Waals surface area (Å²) in [5, 5.41) is 0. The lowest BCUT2D eigenvalue weighted by atomic mass is 10.1. The Morgan fingerprint density at radius 2 is 1.74 bits per heavy atom. The van der Waals surface area contributed by atoms with Crippen molar-refractivity contribution in [2.24, 2.45) is 0 Å². The fraction of sp³-hybridized carbons (Fsp3) is 0.600. The highest BCUT2D eigenvalue weighted by atomic mass is 16.5. The summed E-state index contributed by atoms with van der Waals surface area (Å²) in [4.78, 5) is 3.29. The van der Waals surface area contributed by atoms with Crippen molar-refractivity contribution in [3.63, 3.8) is 0 Å². The number of rotatable bonds is 4. The minimum Gasteiger partial charge on any atom is -0.496 e. The van der Waals surface area contributed by atoms with Gasteiger partial charge in [-0.1, -0.05) is 0 Å². The molecule has 1 saturated heterocycles. The third-order valence-corrected chi connectivity index (χ3v) is 4.11. The van der Waals surface area contributed by atoms with Crippen molar-refractivity contribution in [2.45, 2.75) is 13.5 Å². The van der Waals surface area contributed by atoms with Crippen molar-refractivity contribution in [3.8, 4) is 11.5 Å². The van der Waals surface area contributed by atoms with Gasteiger partial charge in [-0.05, 0) is 19.1 Å². The van der Waals surface area contributed by atoms with E-state index in [1.807, 2.05) is 6.07 Å². The molecule has 2 N–H and O–H groups in total. The molecule has 4 heteroatoms. The number of quaternary nitrogens is 2. The molecule has 1 aromatic rings. The molecule has 4 nitrogen and oxygen atoms in total. The Hall–Kier alpha value is -1.26. The van der Waals surface area contributed by atoms with Gasteiger partial charge in [0, 0.05) is 11.1 Å². The van der Waals surface area contributed by atoms with E-state index in [1.54, 1.807) is 24.0 Å². The molecule has 2 rings (SSSR count). The molecular formula is C15H26N2O2+2. The number of piperazine rings is 1. The number of hydrogen-bond donors (Lipinski definition) is 2. The average molecular weight is 266 g/mol. The van der Waals surface area contributed by atoms with E-state index < -0.39 is 0 Å². The van der Waals surface area contributed by atoms with Crippen LogP contribution in [0.2, 0.25) is 0 Å². The van der Waals surface area contributed by atoms with E-state index in [0.29, 0.717) is 0 Å². The summed E-state index contributed by atoms with van der Waals surface area (Å²) in [6.07, 6.45) is 0. The molecular weight excluding hydrogens is 240 g/mol. The van der Waals surface area contributed by atoms with Gasteiger partial charge in [0.2, 0.25) is 0 Å². The van der Waals surface area contributed by atoms with Crippen LogP contribution in [0, 0.1) is 6.92 Å². The Balaban J connectivity index is 2.14. The van der Waals surface area contributed by atoms with Crippen molar-refractivity contribution in [3.05, 3.63) is 23.3 Å². The third-order valence-electron chi connectivity index (χ3n) is 4.11. The van der Waals surface area contributed by atoms with E-state index >= 15 is 0 Å². The van der Waals surface area contributed by atoms with E-state index in [9.17, 15) is 0 Å². The molecule has 0 saturated carbocycles. The molecule has 106 valence electrons. The number of likely N-dealkylation sites (N-methyl/N-ethyl adjacent to an activating group) is 1. The molecule has 0 atom stereocenters. The highest BCUT2D eigenvalue weighted by Crippen LogP contribution is 2.30. The van der Waals surface area contributed by atoms with Gasteiger partial charge < -0.3 is 19.3 Å². The van der Waals surface area contributed by atoms with Gasteiger partial charge in [-0.15, -0.1) is 0 Å². The fourth-order valence-electron chi connectivity index (χ4n) is 2.85. The number of benzene rings is 1. The molecule has 0 spiro atoms. The molecule has 0 amide bonds. The highest BCUT2D eigenvalue weighted by Gasteiger charge is 2.22. The highest BCUT2D eigenvalue weighted by molar-refractivity contribution is 5.48. The maximum atomic E-state index is 5.58. The molecule has 0 aliphatic carbocycles. The fourth-order valence-corrected chi connectivity index (χ4v) is 2.85. The van der Waals surface area contributed by atoms with Crippen LogP contribution in [0.5, 0.6) is 11.5 Å². The molecule has 0 aromatic heterocycles. The van der Waals surface area contributed by atoms with Crippen LogP contribution in [-0.2, 0) is 6.54 Å². The minimum absolute atomic E-state index is 0.901. The first-order valence-corrected chi connectivity index (χ1v) is 7.01. The van der Waals surface area contributed by atoms with Gasteiger partial charge >= 0.3 is 0 Å². The number of methoxy groups -OCH3 is 2. The van der Waals surface area contributed by atoms with Gasteiger partial charge in [0.05, 0.1) is 21.3 Å². The maximum Gasteiger partial charge on any atom is 0.134 e. The van der Waals surface area contributed by atoms with Crippen LogP contribution in [0.1, 0.15) is 11.1 Å². The molecule has 1 heterocycles. The second-order valence-corrected chi connectivity index (χ2v) is 5.47. The van der Waals surface area contributed by atoms with E-state index in [2.05, 4.69) is 20.0 Å². The summed E-state index contributed by atoms with van der Waals surface area (Å²) >= 11 is 0. The van der Waals surface area contributed by atoms with Crippen molar-refractivity contribution >= 4 is 0 Å². The van der Waals surface area contributed by atoms with Gasteiger partial charge in [0.25, 0.3) is 0 Å². The zero-order valence-corrected chi connectivity index (χ0v) is 12.5. The molecule has 19 heavy (non-hydrogen) atoms. The summed E-state index contributed by atoms with van der Waals surface area (Å²) in [6, 6.07) is 4.19. The van der Waals surface area contributed by atoms with Crippen molar-refractivity contribution in [1.29, 1.82) is 0 Å². The van der Waals surface area contributed by atoms with E-state index in [-0.39, 0.29) is 0 Å². The Labute approximate surface area is 115 Å². The second kappa shape index (κ2) is 6.26. The first-order chi connectivity index (χ1) is 9.15. The summed E-state index contributed by atoms with van der Waals surface area (Å²) in [6.45, 7) is 8.09. The van der Waals surface area contributed by atoms with Crippen molar-refractivity contribution in [2.75, 3.05) is 47.4 Å². The first-order valence-electron chi connectivity index (χ1n) is 7.01. The SMILES string of the molecule is COc1ccc(C[NH+]2CC[NH+](C)CC2)c(OC)c1C. The topological polar surface area (TPSA) is 27.3 Å². The first kappa shape index (κ1) is 14.2. The smallest absolute Gasteiger partial charge is 0.134 e. The van der Waals surface area contributed by atoms with Crippen LogP contribution < -0.4 is 19.3 Å². The van der Waals surface area contributed by atoms with E-state index in [0.717, 1.165) is 23.6 Å². The summed E-state index contributed by atoms with van der Waals surface area (Å²) in [7, 11) is 5.72. The molecule has 0 bridgehead atoms. The van der Waals surface area contributed by atoms with E-state index in [1.165, 1.54) is 31.7 Å². The number of ether oxygens (including phenoxy) is 2. The minimum atomic E-state index is 0.901. The summed E-state index contributed by atoms with van der Waals surface area (Å²) in [5.74, 6) is 1.89. The number of nitrogens with one attached hydrogen (secondary N) is 2. The summed E-state index contributed by atoms with van der Waals surface area (Å²) < 4.78 is 10.9. The molecule has 1 aromatic carbocycles. The molecule has 0 radical (unpaired) electrons. The van der Waals surface area contributed by atoms with Crippen molar-refractivity contribution in [1.82, 2.24) is 0 Å². The van der Waals surface area contributed by atoms with Crippen LogP contribution in [-0.4, -0.2) is 47.4 Å². The Kier molecular flexibility index (Phi) is 4.66. The van der Waals surface area contributed by atoms with Gasteiger partial charge in [-0.2, -0.15) is 0 Å². The second-order valence-electron chi connectivity index (χ2n) is 5.47. The van der Waals surface area contributed by atoms with Crippen LogP contribution in [0.25, 0.3) is 0 Å². The maximum absolute atomic E-state index is 5.58. The molecule has 1 aliphatic rings.